The van der Waals surface area contributed by atoms with Crippen LogP contribution in [0, 0.1) is 0 Å². The summed E-state index contributed by atoms with van der Waals surface area (Å²) in [7, 11) is 0. The molecule has 4 heterocycles. The van der Waals surface area contributed by atoms with Crippen LogP contribution in [0.4, 0.5) is 5.82 Å². The van der Waals surface area contributed by atoms with Crippen LogP contribution < -0.4 is 4.90 Å². The molecule has 0 saturated carbocycles. The maximum Gasteiger partial charge on any atom is 0.250 e. The van der Waals surface area contributed by atoms with Gasteiger partial charge in [-0.15, -0.1) is 0 Å². The molecule has 0 unspecified atom stereocenters. The van der Waals surface area contributed by atoms with Crippen LogP contribution in [0.2, 0.25) is 0 Å². The average molecular weight is 376 g/mol. The Labute approximate surface area is 162 Å². The van der Waals surface area contributed by atoms with Gasteiger partial charge in [0.15, 0.2) is 0 Å². The van der Waals surface area contributed by atoms with Gasteiger partial charge in [-0.25, -0.2) is 4.98 Å². The molecule has 0 aromatic carbocycles. The van der Waals surface area contributed by atoms with E-state index in [0.29, 0.717) is 24.8 Å². The summed E-state index contributed by atoms with van der Waals surface area (Å²) in [5.74, 6) is 1.89. The molecule has 1 saturated heterocycles. The highest BCUT2D eigenvalue weighted by Gasteiger charge is 2.20. The first-order chi connectivity index (χ1) is 13.7. The molecule has 142 valence electrons. The maximum absolute atomic E-state index is 11.5. The van der Waals surface area contributed by atoms with Crippen LogP contribution in [0.25, 0.3) is 23.5 Å². The zero-order chi connectivity index (χ0) is 19.3. The van der Waals surface area contributed by atoms with Crippen LogP contribution >= 0.6 is 0 Å². The summed E-state index contributed by atoms with van der Waals surface area (Å²) in [5.41, 5.74) is 1.79. The number of anilines is 1. The maximum atomic E-state index is 11.5. The van der Waals surface area contributed by atoms with E-state index >= 15 is 0 Å². The molecule has 4 rings (SSSR count). The molecular weight excluding hydrogens is 356 g/mol. The Morgan fingerprint density at radius 2 is 2.00 bits per heavy atom. The lowest BCUT2D eigenvalue weighted by molar-refractivity contribution is -0.129. The van der Waals surface area contributed by atoms with Crippen molar-refractivity contribution < 1.29 is 9.32 Å². The number of hydrogen-bond donors (Lipinski definition) is 0. The van der Waals surface area contributed by atoms with Gasteiger partial charge in [-0.3, -0.25) is 9.78 Å². The molecule has 0 atom stereocenters. The van der Waals surface area contributed by atoms with Gasteiger partial charge < -0.3 is 14.3 Å². The van der Waals surface area contributed by atoms with Gasteiger partial charge in [-0.2, -0.15) is 4.98 Å². The van der Waals surface area contributed by atoms with Crippen LogP contribution in [0.1, 0.15) is 18.4 Å². The van der Waals surface area contributed by atoms with Gasteiger partial charge in [-0.05, 0) is 29.8 Å². The Kier molecular flexibility index (Phi) is 5.09. The summed E-state index contributed by atoms with van der Waals surface area (Å²) >= 11 is 0. The molecule has 0 radical (unpaired) electrons. The molecule has 1 aliphatic rings. The van der Waals surface area contributed by atoms with Crippen molar-refractivity contribution in [2.45, 2.75) is 6.92 Å². The van der Waals surface area contributed by atoms with Gasteiger partial charge in [-0.1, -0.05) is 11.2 Å². The molecule has 28 heavy (non-hydrogen) atoms. The number of pyridine rings is 2. The Morgan fingerprint density at radius 1 is 1.14 bits per heavy atom. The molecule has 0 spiro atoms. The lowest BCUT2D eigenvalue weighted by Crippen LogP contribution is -2.48. The topological polar surface area (TPSA) is 88.3 Å². The number of hydrogen-bond acceptors (Lipinski definition) is 7. The van der Waals surface area contributed by atoms with E-state index in [1.165, 1.54) is 0 Å². The van der Waals surface area contributed by atoms with Gasteiger partial charge in [0.1, 0.15) is 5.82 Å². The Morgan fingerprint density at radius 3 is 2.75 bits per heavy atom. The normalized spacial score (nSPS) is 14.6. The third-order valence-electron chi connectivity index (χ3n) is 4.60. The largest absolute Gasteiger partial charge is 0.353 e. The van der Waals surface area contributed by atoms with E-state index in [0.717, 1.165) is 30.0 Å². The van der Waals surface area contributed by atoms with E-state index in [4.69, 9.17) is 4.52 Å². The van der Waals surface area contributed by atoms with E-state index in [9.17, 15) is 4.79 Å². The molecule has 0 bridgehead atoms. The fourth-order valence-electron chi connectivity index (χ4n) is 3.04. The average Bonchev–Trinajstić information content (AvgIpc) is 3.22. The predicted octanol–water partition coefficient (Wildman–Crippen LogP) is 2.37. The highest BCUT2D eigenvalue weighted by atomic mass is 16.5. The third kappa shape index (κ3) is 4.06. The lowest BCUT2D eigenvalue weighted by atomic mass is 10.2. The van der Waals surface area contributed by atoms with Crippen molar-refractivity contribution in [3.63, 3.8) is 0 Å². The monoisotopic (exact) mass is 376 g/mol. The van der Waals surface area contributed by atoms with Crippen LogP contribution in [0.3, 0.4) is 0 Å². The van der Waals surface area contributed by atoms with Crippen molar-refractivity contribution in [2.75, 3.05) is 31.1 Å². The zero-order valence-electron chi connectivity index (χ0n) is 15.5. The Balaban J connectivity index is 1.47. The first-order valence-electron chi connectivity index (χ1n) is 9.08. The van der Waals surface area contributed by atoms with E-state index in [1.54, 1.807) is 31.6 Å². The number of carbonyl (C=O) groups excluding carboxylic acids is 1. The number of amides is 1. The third-order valence-corrected chi connectivity index (χ3v) is 4.60. The minimum absolute atomic E-state index is 0.111. The Bertz CT molecular complexity index is 977. The minimum Gasteiger partial charge on any atom is -0.353 e. The molecule has 1 aliphatic heterocycles. The lowest BCUT2D eigenvalue weighted by Gasteiger charge is -2.34. The standard InChI is InChI=1S/C20H20N6O2/c1-15(27)25-9-11-26(12-10-25)18-13-17(6-8-22-18)20-23-19(28-24-20)5-4-16-3-2-7-21-14-16/h2-8,13-14H,9-12H2,1H3/b5-4+. The quantitative estimate of drug-likeness (QED) is 0.691. The zero-order valence-corrected chi connectivity index (χ0v) is 15.5. The minimum atomic E-state index is 0.111. The van der Waals surface area contributed by atoms with Crippen LogP contribution in [0.15, 0.2) is 47.4 Å². The van der Waals surface area contributed by atoms with E-state index < -0.39 is 0 Å². The summed E-state index contributed by atoms with van der Waals surface area (Å²) in [6, 6.07) is 7.62. The second kappa shape index (κ2) is 7.99. The van der Waals surface area contributed by atoms with Crippen molar-refractivity contribution in [3.8, 4) is 11.4 Å². The molecule has 3 aromatic heterocycles. The fraction of sp³-hybridized carbons (Fsp3) is 0.250. The van der Waals surface area contributed by atoms with Gasteiger partial charge in [0.2, 0.25) is 11.7 Å². The van der Waals surface area contributed by atoms with Gasteiger partial charge in [0.25, 0.3) is 5.89 Å². The smallest absolute Gasteiger partial charge is 0.250 e. The van der Waals surface area contributed by atoms with Gasteiger partial charge in [0.05, 0.1) is 0 Å². The van der Waals surface area contributed by atoms with Crippen molar-refractivity contribution in [3.05, 3.63) is 54.3 Å². The number of aromatic nitrogens is 4. The highest BCUT2D eigenvalue weighted by molar-refractivity contribution is 5.73. The SMILES string of the molecule is CC(=O)N1CCN(c2cc(-c3noc(/C=C/c4cccnc4)n3)ccn2)CC1. The molecule has 1 fully saturated rings. The second-order valence-corrected chi connectivity index (χ2v) is 6.47. The number of nitrogens with zero attached hydrogens (tertiary/aromatic N) is 6. The van der Waals surface area contributed by atoms with Crippen LogP contribution in [-0.4, -0.2) is 57.1 Å². The van der Waals surface area contributed by atoms with Crippen molar-refractivity contribution in [2.24, 2.45) is 0 Å². The van der Waals surface area contributed by atoms with Gasteiger partial charge >= 0.3 is 0 Å². The van der Waals surface area contributed by atoms with Crippen LogP contribution in [0.5, 0.6) is 0 Å². The summed E-state index contributed by atoms with van der Waals surface area (Å²) < 4.78 is 5.32. The van der Waals surface area contributed by atoms with Crippen LogP contribution in [-0.2, 0) is 4.79 Å². The molecule has 8 nitrogen and oxygen atoms in total. The first kappa shape index (κ1) is 17.8. The molecule has 1 amide bonds. The first-order valence-corrected chi connectivity index (χ1v) is 9.08. The number of rotatable bonds is 4. The van der Waals surface area contributed by atoms with Crippen molar-refractivity contribution in [1.82, 2.24) is 25.0 Å². The summed E-state index contributed by atoms with van der Waals surface area (Å²) in [4.78, 5) is 28.4. The van der Waals surface area contributed by atoms with E-state index in [1.807, 2.05) is 35.2 Å². The summed E-state index contributed by atoms with van der Waals surface area (Å²) in [6.45, 7) is 4.51. The number of piperazine rings is 1. The van der Waals surface area contributed by atoms with Crippen molar-refractivity contribution in [1.29, 1.82) is 0 Å². The predicted molar refractivity (Wildman–Crippen MR) is 105 cm³/mol. The van der Waals surface area contributed by atoms with Gasteiger partial charge in [0, 0.05) is 63.3 Å². The molecular formula is C20H20N6O2. The summed E-state index contributed by atoms with van der Waals surface area (Å²) in [5, 5.41) is 4.07. The molecule has 3 aromatic rings. The Hall–Kier alpha value is -3.55. The molecule has 8 heteroatoms. The summed E-state index contributed by atoms with van der Waals surface area (Å²) in [6.07, 6.45) is 8.86. The molecule has 0 N–H and O–H groups in total. The van der Waals surface area contributed by atoms with Crippen molar-refractivity contribution >= 4 is 23.9 Å². The van der Waals surface area contributed by atoms with E-state index in [2.05, 4.69) is 25.0 Å². The fourth-order valence-corrected chi connectivity index (χ4v) is 3.04. The molecule has 0 aliphatic carbocycles. The van der Waals surface area contributed by atoms with E-state index in [-0.39, 0.29) is 5.91 Å². The number of carbonyl (C=O) groups is 1. The highest BCUT2D eigenvalue weighted by Crippen LogP contribution is 2.22. The second-order valence-electron chi connectivity index (χ2n) is 6.47.